The average molecular weight is 363 g/mol. The molecular weight excluding hydrogens is 346 g/mol. The number of benzene rings is 1. The van der Waals surface area contributed by atoms with Crippen molar-refractivity contribution in [3.8, 4) is 17.3 Å². The fourth-order valence-electron chi connectivity index (χ4n) is 2.57. The van der Waals surface area contributed by atoms with Crippen molar-refractivity contribution < 1.29 is 13.7 Å². The Morgan fingerprint density at radius 3 is 2.81 bits per heavy atom. The van der Waals surface area contributed by atoms with Crippen LogP contribution in [0.25, 0.3) is 17.3 Å². The lowest BCUT2D eigenvalue weighted by atomic mass is 10.2. The molecule has 3 aromatic heterocycles. The van der Waals surface area contributed by atoms with E-state index < -0.39 is 0 Å². The molecule has 4 aromatic rings. The van der Waals surface area contributed by atoms with Crippen molar-refractivity contribution in [1.82, 2.24) is 25.0 Å². The second-order valence-electron chi connectivity index (χ2n) is 5.90. The van der Waals surface area contributed by atoms with Crippen LogP contribution in [0, 0.1) is 0 Å². The minimum absolute atomic E-state index is 0.0774. The number of rotatable bonds is 7. The summed E-state index contributed by atoms with van der Waals surface area (Å²) in [5.41, 5.74) is 2.04. The van der Waals surface area contributed by atoms with Crippen LogP contribution >= 0.6 is 0 Å². The number of hydrogen-bond acceptors (Lipinski definition) is 6. The molecule has 0 radical (unpaired) electrons. The van der Waals surface area contributed by atoms with Crippen LogP contribution < -0.4 is 5.32 Å². The highest BCUT2D eigenvalue weighted by Crippen LogP contribution is 2.16. The van der Waals surface area contributed by atoms with Crippen molar-refractivity contribution in [2.24, 2.45) is 0 Å². The maximum atomic E-state index is 12.0. The van der Waals surface area contributed by atoms with Crippen molar-refractivity contribution in [3.05, 3.63) is 72.8 Å². The molecule has 3 heterocycles. The lowest BCUT2D eigenvalue weighted by Gasteiger charge is -2.06. The Morgan fingerprint density at radius 1 is 1.19 bits per heavy atom. The summed E-state index contributed by atoms with van der Waals surface area (Å²) >= 11 is 0. The lowest BCUT2D eigenvalue weighted by Crippen LogP contribution is -2.23. The molecule has 0 aliphatic carbocycles. The Morgan fingerprint density at radius 2 is 2.07 bits per heavy atom. The van der Waals surface area contributed by atoms with Gasteiger partial charge in [-0.05, 0) is 29.8 Å². The number of furan rings is 1. The second-order valence-corrected chi connectivity index (χ2v) is 5.90. The minimum atomic E-state index is -0.0774. The third-order valence-corrected chi connectivity index (χ3v) is 4.00. The van der Waals surface area contributed by atoms with E-state index in [-0.39, 0.29) is 12.3 Å². The predicted octanol–water partition coefficient (Wildman–Crippen LogP) is 2.76. The Bertz CT molecular complexity index is 989. The van der Waals surface area contributed by atoms with Gasteiger partial charge < -0.3 is 18.8 Å². The third kappa shape index (κ3) is 4.12. The van der Waals surface area contributed by atoms with Crippen LogP contribution in [0.2, 0.25) is 0 Å². The van der Waals surface area contributed by atoms with Crippen LogP contribution in [-0.2, 0) is 17.8 Å². The molecule has 0 aliphatic rings. The fourth-order valence-corrected chi connectivity index (χ4v) is 2.57. The molecular formula is C19H17N5O3. The largest absolute Gasteiger partial charge is 0.461 e. The van der Waals surface area contributed by atoms with Gasteiger partial charge in [0.05, 0.1) is 12.6 Å². The van der Waals surface area contributed by atoms with E-state index in [1.165, 1.54) is 0 Å². The van der Waals surface area contributed by atoms with E-state index in [2.05, 4.69) is 20.4 Å². The number of carbonyl (C=O) groups excluding carboxylic acids is 1. The maximum Gasteiger partial charge on any atom is 0.238 e. The van der Waals surface area contributed by atoms with E-state index in [0.717, 1.165) is 11.3 Å². The van der Waals surface area contributed by atoms with E-state index >= 15 is 0 Å². The summed E-state index contributed by atoms with van der Waals surface area (Å²) in [5, 5.41) is 6.73. The van der Waals surface area contributed by atoms with Gasteiger partial charge in [0.15, 0.2) is 5.76 Å². The number of amides is 1. The topological polar surface area (TPSA) is 99.0 Å². The smallest absolute Gasteiger partial charge is 0.238 e. The molecule has 1 amide bonds. The van der Waals surface area contributed by atoms with E-state index in [4.69, 9.17) is 8.94 Å². The van der Waals surface area contributed by atoms with Gasteiger partial charge in [-0.25, -0.2) is 4.98 Å². The molecule has 0 unspecified atom stereocenters. The number of aromatic nitrogens is 4. The van der Waals surface area contributed by atoms with Crippen LogP contribution in [0.15, 0.2) is 70.3 Å². The molecule has 27 heavy (non-hydrogen) atoms. The first kappa shape index (κ1) is 16.8. The molecule has 8 heteroatoms. The predicted molar refractivity (Wildman–Crippen MR) is 95.7 cm³/mol. The quantitative estimate of drug-likeness (QED) is 0.542. The molecule has 0 saturated heterocycles. The lowest BCUT2D eigenvalue weighted by molar-refractivity contribution is -0.121. The van der Waals surface area contributed by atoms with Crippen LogP contribution in [0.1, 0.15) is 17.9 Å². The number of aryl methyl sites for hydroxylation is 1. The fraction of sp³-hybridized carbons (Fsp3) is 0.158. The maximum absolute atomic E-state index is 12.0. The van der Waals surface area contributed by atoms with E-state index in [1.807, 2.05) is 35.0 Å². The Balaban J connectivity index is 1.25. The molecule has 4 rings (SSSR count). The van der Waals surface area contributed by atoms with E-state index in [9.17, 15) is 4.79 Å². The highest BCUT2D eigenvalue weighted by Gasteiger charge is 2.12. The SMILES string of the molecule is O=C(CCc1nc(-c2ccco2)no1)NCc1ccc(-n2ccnc2)cc1. The van der Waals surface area contributed by atoms with Crippen LogP contribution in [0.3, 0.4) is 0 Å². The normalized spacial score (nSPS) is 10.8. The van der Waals surface area contributed by atoms with Gasteiger partial charge in [0.25, 0.3) is 0 Å². The molecule has 8 nitrogen and oxygen atoms in total. The van der Waals surface area contributed by atoms with Gasteiger partial charge in [-0.1, -0.05) is 17.3 Å². The number of carbonyl (C=O) groups is 1. The Labute approximate surface area is 154 Å². The zero-order valence-corrected chi connectivity index (χ0v) is 14.4. The van der Waals surface area contributed by atoms with Crippen molar-refractivity contribution in [3.63, 3.8) is 0 Å². The van der Waals surface area contributed by atoms with Crippen molar-refractivity contribution >= 4 is 5.91 Å². The standard InChI is InChI=1S/C19H17N5O3/c25-17(7-8-18-22-19(23-27-18)16-2-1-11-26-16)21-12-14-3-5-15(6-4-14)24-10-9-20-13-24/h1-6,9-11,13H,7-8,12H2,(H,21,25). The molecule has 0 atom stereocenters. The number of nitrogens with one attached hydrogen (secondary N) is 1. The van der Waals surface area contributed by atoms with Crippen molar-refractivity contribution in [2.75, 3.05) is 0 Å². The van der Waals surface area contributed by atoms with Gasteiger partial charge in [-0.3, -0.25) is 4.79 Å². The number of nitrogens with zero attached hydrogens (tertiary/aromatic N) is 4. The monoisotopic (exact) mass is 363 g/mol. The van der Waals surface area contributed by atoms with Gasteiger partial charge in [0, 0.05) is 37.5 Å². The molecule has 136 valence electrons. The van der Waals surface area contributed by atoms with Crippen LogP contribution in [0.4, 0.5) is 0 Å². The van der Waals surface area contributed by atoms with Crippen molar-refractivity contribution in [2.45, 2.75) is 19.4 Å². The molecule has 1 N–H and O–H groups in total. The molecule has 0 saturated carbocycles. The van der Waals surface area contributed by atoms with E-state index in [0.29, 0.717) is 30.4 Å². The summed E-state index contributed by atoms with van der Waals surface area (Å²) < 4.78 is 12.3. The van der Waals surface area contributed by atoms with Crippen LogP contribution in [0.5, 0.6) is 0 Å². The highest BCUT2D eigenvalue weighted by atomic mass is 16.5. The highest BCUT2D eigenvalue weighted by molar-refractivity contribution is 5.76. The van der Waals surface area contributed by atoms with E-state index in [1.54, 1.807) is 30.9 Å². The summed E-state index contributed by atoms with van der Waals surface area (Å²) in [6.07, 6.45) is 7.54. The molecule has 0 spiro atoms. The summed E-state index contributed by atoms with van der Waals surface area (Å²) in [6, 6.07) is 11.4. The minimum Gasteiger partial charge on any atom is -0.461 e. The Hall–Kier alpha value is -3.68. The van der Waals surface area contributed by atoms with Gasteiger partial charge in [-0.2, -0.15) is 4.98 Å². The summed E-state index contributed by atoms with van der Waals surface area (Å²) in [5.74, 6) is 1.25. The molecule has 0 bridgehead atoms. The summed E-state index contributed by atoms with van der Waals surface area (Å²) in [7, 11) is 0. The van der Waals surface area contributed by atoms with Gasteiger partial charge in [0.1, 0.15) is 0 Å². The third-order valence-electron chi connectivity index (χ3n) is 4.00. The van der Waals surface area contributed by atoms with Gasteiger partial charge >= 0.3 is 0 Å². The average Bonchev–Trinajstić information content (AvgIpc) is 3.47. The van der Waals surface area contributed by atoms with Gasteiger partial charge in [0.2, 0.25) is 17.6 Å². The Kier molecular flexibility index (Phi) is 4.78. The zero-order chi connectivity index (χ0) is 18.5. The first-order valence-electron chi connectivity index (χ1n) is 8.48. The second kappa shape index (κ2) is 7.69. The number of hydrogen-bond donors (Lipinski definition) is 1. The zero-order valence-electron chi connectivity index (χ0n) is 14.4. The summed E-state index contributed by atoms with van der Waals surface area (Å²) in [6.45, 7) is 0.463. The first-order valence-corrected chi connectivity index (χ1v) is 8.48. The molecule has 0 fully saturated rings. The first-order chi connectivity index (χ1) is 13.3. The van der Waals surface area contributed by atoms with Crippen molar-refractivity contribution in [1.29, 1.82) is 0 Å². The number of imidazole rings is 1. The van der Waals surface area contributed by atoms with Gasteiger partial charge in [-0.15, -0.1) is 0 Å². The summed E-state index contributed by atoms with van der Waals surface area (Å²) in [4.78, 5) is 20.3. The van der Waals surface area contributed by atoms with Crippen LogP contribution in [-0.4, -0.2) is 25.6 Å². The molecule has 1 aromatic carbocycles. The molecule has 0 aliphatic heterocycles.